The zero-order valence-electron chi connectivity index (χ0n) is 21.0. The fourth-order valence-electron chi connectivity index (χ4n) is 5.88. The monoisotopic (exact) mass is 505 g/mol. The highest BCUT2D eigenvalue weighted by molar-refractivity contribution is 5.93. The molecule has 8 heteroatoms. The van der Waals surface area contributed by atoms with E-state index in [1.165, 1.54) is 12.1 Å². The van der Waals surface area contributed by atoms with Crippen molar-refractivity contribution in [3.63, 3.8) is 0 Å². The summed E-state index contributed by atoms with van der Waals surface area (Å²) in [4.78, 5) is 30.9. The van der Waals surface area contributed by atoms with Crippen LogP contribution in [0.1, 0.15) is 66.0 Å². The van der Waals surface area contributed by atoms with Crippen LogP contribution in [0.15, 0.2) is 65.2 Å². The van der Waals surface area contributed by atoms with E-state index in [9.17, 15) is 19.1 Å². The van der Waals surface area contributed by atoms with Gasteiger partial charge in [-0.15, -0.1) is 0 Å². The Balaban J connectivity index is 1.45. The molecule has 2 aromatic carbocycles. The summed E-state index contributed by atoms with van der Waals surface area (Å²) in [6.45, 7) is 2.88. The van der Waals surface area contributed by atoms with E-state index < -0.39 is 17.6 Å². The molecule has 0 unspecified atom stereocenters. The number of aliphatic hydroxyl groups is 1. The first kappa shape index (κ1) is 25.1. The van der Waals surface area contributed by atoms with Crippen LogP contribution >= 0.6 is 0 Å². The zero-order valence-corrected chi connectivity index (χ0v) is 21.0. The van der Waals surface area contributed by atoms with Crippen LogP contribution in [-0.4, -0.2) is 51.1 Å². The van der Waals surface area contributed by atoms with Crippen LogP contribution in [0, 0.1) is 11.2 Å². The average Bonchev–Trinajstić information content (AvgIpc) is 3.36. The Hall–Kier alpha value is -3.52. The van der Waals surface area contributed by atoms with Gasteiger partial charge in [0.25, 0.3) is 5.91 Å². The summed E-state index contributed by atoms with van der Waals surface area (Å²) in [5.74, 6) is -0.628. The Morgan fingerprint density at radius 1 is 1.19 bits per heavy atom. The van der Waals surface area contributed by atoms with Gasteiger partial charge in [0.1, 0.15) is 5.82 Å². The summed E-state index contributed by atoms with van der Waals surface area (Å²) in [7, 11) is 0. The van der Waals surface area contributed by atoms with Gasteiger partial charge in [-0.3, -0.25) is 9.59 Å². The van der Waals surface area contributed by atoms with E-state index in [0.29, 0.717) is 24.9 Å². The van der Waals surface area contributed by atoms with Crippen LogP contribution in [0.2, 0.25) is 0 Å². The standard InChI is InChI=1S/C29H32FN3O4/c1-2-8-23-16-25(37-31-23)27(35)32-14-7-13-29(19-32)17-24(34)26(21-10-4-3-5-11-21)33(28(29)36)18-20-9-6-12-22(30)15-20/h3-6,9-12,15-16,24,26,34H,2,7-8,13-14,17-19H2,1H3/t24-,26+,29+/m1/s1. The molecule has 1 N–H and O–H groups in total. The lowest BCUT2D eigenvalue weighted by molar-refractivity contribution is -0.165. The molecule has 2 fully saturated rings. The Kier molecular flexibility index (Phi) is 7.11. The molecule has 2 aliphatic heterocycles. The number of amides is 2. The first-order valence-electron chi connectivity index (χ1n) is 12.9. The minimum absolute atomic E-state index is 0.127. The predicted octanol–water partition coefficient (Wildman–Crippen LogP) is 4.52. The van der Waals surface area contributed by atoms with Crippen molar-refractivity contribution in [3.05, 3.63) is 89.1 Å². The highest BCUT2D eigenvalue weighted by Crippen LogP contribution is 2.46. The van der Waals surface area contributed by atoms with Crippen LogP contribution in [0.25, 0.3) is 0 Å². The van der Waals surface area contributed by atoms with Crippen molar-refractivity contribution in [1.29, 1.82) is 0 Å². The van der Waals surface area contributed by atoms with E-state index in [1.54, 1.807) is 28.0 Å². The van der Waals surface area contributed by atoms with Gasteiger partial charge in [-0.1, -0.05) is 61.0 Å². The number of hydrogen-bond acceptors (Lipinski definition) is 5. The van der Waals surface area contributed by atoms with Crippen molar-refractivity contribution in [2.75, 3.05) is 13.1 Å². The normalized spacial score (nSPS) is 24.0. The van der Waals surface area contributed by atoms with Crippen molar-refractivity contribution in [2.45, 2.75) is 57.7 Å². The summed E-state index contributed by atoms with van der Waals surface area (Å²) in [5.41, 5.74) is 1.27. The number of aromatic nitrogens is 1. The van der Waals surface area contributed by atoms with Crippen LogP contribution in [-0.2, 0) is 17.8 Å². The number of halogens is 1. The van der Waals surface area contributed by atoms with Crippen molar-refractivity contribution in [3.8, 4) is 0 Å². The maximum absolute atomic E-state index is 14.3. The second-order valence-electron chi connectivity index (χ2n) is 10.2. The molecule has 1 aromatic heterocycles. The topological polar surface area (TPSA) is 86.9 Å². The molecule has 3 heterocycles. The number of carbonyl (C=O) groups is 2. The molecule has 2 aliphatic rings. The molecule has 194 valence electrons. The van der Waals surface area contributed by atoms with Gasteiger partial charge in [0.2, 0.25) is 11.7 Å². The Morgan fingerprint density at radius 3 is 2.76 bits per heavy atom. The third-order valence-electron chi connectivity index (χ3n) is 7.54. The van der Waals surface area contributed by atoms with Gasteiger partial charge in [0.05, 0.1) is 23.3 Å². The van der Waals surface area contributed by atoms with E-state index in [4.69, 9.17) is 4.52 Å². The molecule has 37 heavy (non-hydrogen) atoms. The molecule has 3 atom stereocenters. The number of nitrogens with zero attached hydrogens (tertiary/aromatic N) is 3. The fourth-order valence-corrected chi connectivity index (χ4v) is 5.88. The third-order valence-corrected chi connectivity index (χ3v) is 7.54. The van der Waals surface area contributed by atoms with E-state index in [2.05, 4.69) is 5.16 Å². The highest BCUT2D eigenvalue weighted by atomic mass is 19.1. The smallest absolute Gasteiger partial charge is 0.292 e. The average molecular weight is 506 g/mol. The van der Waals surface area contributed by atoms with Gasteiger partial charge in [-0.25, -0.2) is 4.39 Å². The number of carbonyl (C=O) groups excluding carboxylic acids is 2. The van der Waals surface area contributed by atoms with Gasteiger partial charge in [-0.2, -0.15) is 0 Å². The van der Waals surface area contributed by atoms with Crippen molar-refractivity contribution < 1.29 is 23.6 Å². The third kappa shape index (κ3) is 5.03. The summed E-state index contributed by atoms with van der Waals surface area (Å²) >= 11 is 0. The van der Waals surface area contributed by atoms with Crippen LogP contribution in [0.5, 0.6) is 0 Å². The van der Waals surface area contributed by atoms with Crippen LogP contribution in [0.3, 0.4) is 0 Å². The molecule has 2 saturated heterocycles. The van der Waals surface area contributed by atoms with Crippen LogP contribution in [0.4, 0.5) is 4.39 Å². The molecular weight excluding hydrogens is 473 g/mol. The first-order valence-corrected chi connectivity index (χ1v) is 12.9. The minimum atomic E-state index is -0.932. The number of aliphatic hydroxyl groups excluding tert-OH is 1. The Morgan fingerprint density at radius 2 is 2.00 bits per heavy atom. The number of rotatable bonds is 6. The highest BCUT2D eigenvalue weighted by Gasteiger charge is 2.53. The van der Waals surface area contributed by atoms with E-state index in [1.807, 2.05) is 37.3 Å². The molecular formula is C29H32FN3O4. The van der Waals surface area contributed by atoms with E-state index >= 15 is 0 Å². The van der Waals surface area contributed by atoms with E-state index in [-0.39, 0.29) is 42.9 Å². The van der Waals surface area contributed by atoms with Gasteiger partial charge in [-0.05, 0) is 48.9 Å². The number of likely N-dealkylation sites (tertiary alicyclic amines) is 2. The summed E-state index contributed by atoms with van der Waals surface area (Å²) in [6.07, 6.45) is 2.21. The van der Waals surface area contributed by atoms with Crippen molar-refractivity contribution in [2.24, 2.45) is 5.41 Å². The number of aryl methyl sites for hydroxylation is 1. The second kappa shape index (κ2) is 10.5. The largest absolute Gasteiger partial charge is 0.391 e. The van der Waals surface area contributed by atoms with Gasteiger partial charge in [0, 0.05) is 25.7 Å². The number of benzene rings is 2. The number of piperidine rings is 2. The molecule has 0 bridgehead atoms. The lowest BCUT2D eigenvalue weighted by atomic mass is 9.69. The summed E-state index contributed by atoms with van der Waals surface area (Å²) in [5, 5.41) is 15.5. The summed E-state index contributed by atoms with van der Waals surface area (Å²) in [6, 6.07) is 16.7. The van der Waals surface area contributed by atoms with Gasteiger partial charge in [0.15, 0.2) is 0 Å². The second-order valence-corrected chi connectivity index (χ2v) is 10.2. The van der Waals surface area contributed by atoms with Crippen LogP contribution < -0.4 is 0 Å². The first-order chi connectivity index (χ1) is 17.9. The zero-order chi connectivity index (χ0) is 26.0. The molecule has 1 spiro atoms. The maximum Gasteiger partial charge on any atom is 0.292 e. The Labute approximate surface area is 215 Å². The maximum atomic E-state index is 14.3. The lowest BCUT2D eigenvalue weighted by Gasteiger charge is -2.51. The van der Waals surface area contributed by atoms with Gasteiger partial charge < -0.3 is 19.4 Å². The SMILES string of the molecule is CCCc1cc(C(=O)N2CCC[C@]3(C[C@@H](O)[C@H](c4ccccc4)N(Cc4cccc(F)c4)C3=O)C2)on1. The molecule has 0 saturated carbocycles. The molecule has 7 nitrogen and oxygen atoms in total. The molecule has 5 rings (SSSR count). The molecule has 0 radical (unpaired) electrons. The quantitative estimate of drug-likeness (QED) is 0.532. The number of hydrogen-bond donors (Lipinski definition) is 1. The minimum Gasteiger partial charge on any atom is -0.391 e. The van der Waals surface area contributed by atoms with Crippen molar-refractivity contribution in [1.82, 2.24) is 15.0 Å². The lowest BCUT2D eigenvalue weighted by Crippen LogP contribution is -2.61. The molecule has 2 amide bonds. The predicted molar refractivity (Wildman–Crippen MR) is 135 cm³/mol. The summed E-state index contributed by atoms with van der Waals surface area (Å²) < 4.78 is 19.3. The van der Waals surface area contributed by atoms with Crippen molar-refractivity contribution >= 4 is 11.8 Å². The molecule has 3 aromatic rings. The van der Waals surface area contributed by atoms with Gasteiger partial charge >= 0.3 is 0 Å². The Bertz CT molecular complexity index is 1260. The fraction of sp³-hybridized carbons (Fsp3) is 0.414. The van der Waals surface area contributed by atoms with E-state index in [0.717, 1.165) is 24.1 Å². The molecule has 0 aliphatic carbocycles.